The van der Waals surface area contributed by atoms with E-state index in [-0.39, 0.29) is 18.1 Å². The first-order valence-electron chi connectivity index (χ1n) is 8.56. The third kappa shape index (κ3) is 4.82. The van der Waals surface area contributed by atoms with Gasteiger partial charge in [-0.3, -0.25) is 9.69 Å². The zero-order chi connectivity index (χ0) is 17.6. The Morgan fingerprint density at radius 3 is 2.68 bits per heavy atom. The van der Waals surface area contributed by atoms with Gasteiger partial charge in [0.1, 0.15) is 0 Å². The number of halogens is 1. The second kappa shape index (κ2) is 8.48. The first-order chi connectivity index (χ1) is 12.1. The van der Waals surface area contributed by atoms with Crippen LogP contribution in [0.1, 0.15) is 24.2 Å². The highest BCUT2D eigenvalue weighted by Crippen LogP contribution is 2.23. The predicted molar refractivity (Wildman–Crippen MR) is 99.5 cm³/mol. The Labute approximate surface area is 153 Å². The van der Waals surface area contributed by atoms with Crippen LogP contribution in [0.15, 0.2) is 54.6 Å². The molecule has 0 spiro atoms. The second-order valence-electron chi connectivity index (χ2n) is 6.29. The lowest BCUT2D eigenvalue weighted by molar-refractivity contribution is -0.129. The molecule has 2 aromatic carbocycles. The van der Waals surface area contributed by atoms with Gasteiger partial charge in [-0.05, 0) is 30.2 Å². The fraction of sp³-hybridized carbons (Fsp3) is 0.350. The molecule has 2 atom stereocenters. The lowest BCUT2D eigenvalue weighted by Gasteiger charge is -2.36. The molecule has 132 valence electrons. The van der Waals surface area contributed by atoms with E-state index in [4.69, 9.17) is 16.3 Å². The summed E-state index contributed by atoms with van der Waals surface area (Å²) in [6, 6.07) is 17.5. The van der Waals surface area contributed by atoms with Gasteiger partial charge in [0.15, 0.2) is 0 Å². The summed E-state index contributed by atoms with van der Waals surface area (Å²) in [7, 11) is 0. The number of carbonyl (C=O) groups is 1. The van der Waals surface area contributed by atoms with Gasteiger partial charge in [-0.15, -0.1) is 0 Å². The topological polar surface area (TPSA) is 41.6 Å². The fourth-order valence-electron chi connectivity index (χ4n) is 3.00. The van der Waals surface area contributed by atoms with Crippen LogP contribution in [0.3, 0.4) is 0 Å². The third-order valence-corrected chi connectivity index (χ3v) is 4.83. The van der Waals surface area contributed by atoms with Gasteiger partial charge in [0.25, 0.3) is 0 Å². The Kier molecular flexibility index (Phi) is 6.08. The van der Waals surface area contributed by atoms with E-state index >= 15 is 0 Å². The Bertz CT molecular complexity index is 691. The van der Waals surface area contributed by atoms with E-state index in [1.54, 1.807) is 0 Å². The number of nitrogens with zero attached hydrogens (tertiary/aromatic N) is 1. The van der Waals surface area contributed by atoms with Crippen LogP contribution in [0.25, 0.3) is 0 Å². The highest BCUT2D eigenvalue weighted by Gasteiger charge is 2.28. The van der Waals surface area contributed by atoms with E-state index in [2.05, 4.69) is 22.3 Å². The van der Waals surface area contributed by atoms with E-state index in [1.807, 2.05) is 49.4 Å². The Balaban J connectivity index is 1.55. The number of ether oxygens (including phenoxy) is 1. The minimum atomic E-state index is -0.192. The van der Waals surface area contributed by atoms with Crippen molar-refractivity contribution in [3.63, 3.8) is 0 Å². The molecule has 4 nitrogen and oxygen atoms in total. The van der Waals surface area contributed by atoms with Gasteiger partial charge in [0.2, 0.25) is 5.91 Å². The maximum absolute atomic E-state index is 12.5. The van der Waals surface area contributed by atoms with Crippen molar-refractivity contribution in [2.24, 2.45) is 0 Å². The monoisotopic (exact) mass is 358 g/mol. The van der Waals surface area contributed by atoms with Gasteiger partial charge >= 0.3 is 0 Å². The Hall–Kier alpha value is -1.88. The molecule has 1 aliphatic heterocycles. The summed E-state index contributed by atoms with van der Waals surface area (Å²) in [6.07, 6.45) is 0.0152. The van der Waals surface area contributed by atoms with Crippen LogP contribution in [0.5, 0.6) is 0 Å². The number of benzene rings is 2. The normalized spacial score (nSPS) is 19.4. The molecule has 1 aliphatic rings. The first kappa shape index (κ1) is 17.9. The SMILES string of the molecule is CC(C(=O)NCc1ccc(Cl)cc1)N1CCOC(c2ccccc2)C1. The van der Waals surface area contributed by atoms with Crippen molar-refractivity contribution in [3.8, 4) is 0 Å². The maximum atomic E-state index is 12.5. The molecule has 1 saturated heterocycles. The third-order valence-electron chi connectivity index (χ3n) is 4.58. The minimum Gasteiger partial charge on any atom is -0.371 e. The summed E-state index contributed by atoms with van der Waals surface area (Å²) in [5.74, 6) is 0.0312. The fourth-order valence-corrected chi connectivity index (χ4v) is 3.12. The molecule has 0 saturated carbocycles. The minimum absolute atomic E-state index is 0.0152. The summed E-state index contributed by atoms with van der Waals surface area (Å²) in [5.41, 5.74) is 2.19. The van der Waals surface area contributed by atoms with Gasteiger partial charge in [0.05, 0.1) is 18.8 Å². The number of rotatable bonds is 5. The quantitative estimate of drug-likeness (QED) is 0.890. The molecule has 3 rings (SSSR count). The number of nitrogens with one attached hydrogen (secondary N) is 1. The van der Waals surface area contributed by atoms with Crippen LogP contribution in [0, 0.1) is 0 Å². The molecular formula is C20H23ClN2O2. The van der Waals surface area contributed by atoms with Crippen LogP contribution >= 0.6 is 11.6 Å². The largest absolute Gasteiger partial charge is 0.371 e. The van der Waals surface area contributed by atoms with Crippen molar-refractivity contribution >= 4 is 17.5 Å². The molecule has 0 radical (unpaired) electrons. The molecule has 1 N–H and O–H groups in total. The molecule has 2 aromatic rings. The van der Waals surface area contributed by atoms with Crippen molar-refractivity contribution in [1.82, 2.24) is 10.2 Å². The molecule has 0 aliphatic carbocycles. The summed E-state index contributed by atoms with van der Waals surface area (Å²) in [5, 5.41) is 3.70. The number of carbonyl (C=O) groups excluding carboxylic acids is 1. The predicted octanol–water partition coefficient (Wildman–Crippen LogP) is 3.42. The Morgan fingerprint density at radius 2 is 1.96 bits per heavy atom. The van der Waals surface area contributed by atoms with Gasteiger partial charge in [0, 0.05) is 24.7 Å². The second-order valence-corrected chi connectivity index (χ2v) is 6.72. The van der Waals surface area contributed by atoms with E-state index in [0.717, 1.165) is 24.2 Å². The van der Waals surface area contributed by atoms with Crippen LogP contribution in [-0.2, 0) is 16.1 Å². The number of amides is 1. The molecule has 0 aromatic heterocycles. The van der Waals surface area contributed by atoms with Crippen molar-refractivity contribution in [3.05, 3.63) is 70.7 Å². The van der Waals surface area contributed by atoms with Crippen molar-refractivity contribution in [1.29, 1.82) is 0 Å². The highest BCUT2D eigenvalue weighted by atomic mass is 35.5. The van der Waals surface area contributed by atoms with Crippen molar-refractivity contribution in [2.75, 3.05) is 19.7 Å². The summed E-state index contributed by atoms with van der Waals surface area (Å²) >= 11 is 5.88. The van der Waals surface area contributed by atoms with E-state index in [9.17, 15) is 4.79 Å². The number of hydrogen-bond donors (Lipinski definition) is 1. The zero-order valence-electron chi connectivity index (χ0n) is 14.3. The maximum Gasteiger partial charge on any atom is 0.237 e. The number of morpholine rings is 1. The van der Waals surface area contributed by atoms with Gasteiger partial charge < -0.3 is 10.1 Å². The highest BCUT2D eigenvalue weighted by molar-refractivity contribution is 6.30. The molecular weight excluding hydrogens is 336 g/mol. The van der Waals surface area contributed by atoms with Crippen molar-refractivity contribution < 1.29 is 9.53 Å². The molecule has 2 unspecified atom stereocenters. The lowest BCUT2D eigenvalue weighted by Crippen LogP contribution is -2.50. The summed E-state index contributed by atoms with van der Waals surface area (Å²) in [4.78, 5) is 14.7. The average molecular weight is 359 g/mol. The molecule has 1 fully saturated rings. The smallest absolute Gasteiger partial charge is 0.237 e. The van der Waals surface area contributed by atoms with Crippen LogP contribution in [-0.4, -0.2) is 36.5 Å². The van der Waals surface area contributed by atoms with E-state index in [0.29, 0.717) is 18.2 Å². The zero-order valence-corrected chi connectivity index (χ0v) is 15.1. The molecule has 1 heterocycles. The Morgan fingerprint density at radius 1 is 1.24 bits per heavy atom. The number of hydrogen-bond acceptors (Lipinski definition) is 3. The summed E-state index contributed by atoms with van der Waals surface area (Å²) in [6.45, 7) is 4.57. The van der Waals surface area contributed by atoms with Crippen molar-refractivity contribution in [2.45, 2.75) is 25.6 Å². The first-order valence-corrected chi connectivity index (χ1v) is 8.94. The van der Waals surface area contributed by atoms with Crippen LogP contribution in [0.4, 0.5) is 0 Å². The summed E-state index contributed by atoms with van der Waals surface area (Å²) < 4.78 is 5.88. The molecule has 1 amide bonds. The van der Waals surface area contributed by atoms with Gasteiger partial charge in [-0.25, -0.2) is 0 Å². The van der Waals surface area contributed by atoms with Crippen LogP contribution in [0.2, 0.25) is 5.02 Å². The lowest BCUT2D eigenvalue weighted by atomic mass is 10.1. The molecule has 25 heavy (non-hydrogen) atoms. The average Bonchev–Trinajstić information content (AvgIpc) is 2.67. The van der Waals surface area contributed by atoms with E-state index in [1.165, 1.54) is 0 Å². The van der Waals surface area contributed by atoms with Gasteiger partial charge in [-0.2, -0.15) is 0 Å². The molecule has 0 bridgehead atoms. The van der Waals surface area contributed by atoms with Gasteiger partial charge in [-0.1, -0.05) is 54.1 Å². The molecule has 5 heteroatoms. The van der Waals surface area contributed by atoms with Crippen LogP contribution < -0.4 is 5.32 Å². The standard InChI is InChI=1S/C20H23ClN2O2/c1-15(20(24)22-13-16-7-9-18(21)10-8-16)23-11-12-25-19(14-23)17-5-3-2-4-6-17/h2-10,15,19H,11-14H2,1H3,(H,22,24). The van der Waals surface area contributed by atoms with E-state index < -0.39 is 0 Å².